The molecule has 0 fully saturated rings. The van der Waals surface area contributed by atoms with E-state index in [2.05, 4.69) is 50.5 Å². The summed E-state index contributed by atoms with van der Waals surface area (Å²) in [6, 6.07) is 4.93. The minimum Gasteiger partial charge on any atom is -0.309 e. The van der Waals surface area contributed by atoms with Gasteiger partial charge in [-0.05, 0) is 36.2 Å². The molecule has 0 bridgehead atoms. The van der Waals surface area contributed by atoms with E-state index in [4.69, 9.17) is 0 Å². The Labute approximate surface area is 97.9 Å². The van der Waals surface area contributed by atoms with E-state index in [1.54, 1.807) is 0 Å². The Morgan fingerprint density at radius 1 is 1.20 bits per heavy atom. The lowest BCUT2D eigenvalue weighted by Crippen LogP contribution is -2.25. The molecule has 1 heterocycles. The predicted octanol–water partition coefficient (Wildman–Crippen LogP) is 4.08. The van der Waals surface area contributed by atoms with Crippen LogP contribution in [0.1, 0.15) is 45.0 Å². The van der Waals surface area contributed by atoms with E-state index in [9.17, 15) is 0 Å². The van der Waals surface area contributed by atoms with Crippen LogP contribution in [0.5, 0.6) is 0 Å². The maximum atomic E-state index is 3.66. The van der Waals surface area contributed by atoms with Crippen molar-refractivity contribution in [1.29, 1.82) is 0 Å². The monoisotopic (exact) mass is 225 g/mol. The average molecular weight is 225 g/mol. The van der Waals surface area contributed by atoms with Crippen LogP contribution in [-0.4, -0.2) is 6.54 Å². The third kappa shape index (κ3) is 4.80. The van der Waals surface area contributed by atoms with E-state index in [1.807, 2.05) is 11.3 Å². The van der Waals surface area contributed by atoms with Gasteiger partial charge in [-0.15, -0.1) is 11.3 Å². The van der Waals surface area contributed by atoms with Crippen molar-refractivity contribution in [2.45, 2.75) is 40.2 Å². The molecule has 0 aliphatic carbocycles. The van der Waals surface area contributed by atoms with Crippen LogP contribution in [0.3, 0.4) is 0 Å². The van der Waals surface area contributed by atoms with E-state index in [1.165, 1.54) is 11.3 Å². The lowest BCUT2D eigenvalue weighted by Gasteiger charge is -2.20. The molecule has 1 nitrogen and oxygen atoms in total. The lowest BCUT2D eigenvalue weighted by atomic mass is 10.0. The van der Waals surface area contributed by atoms with Crippen molar-refractivity contribution in [3.8, 4) is 0 Å². The summed E-state index contributed by atoms with van der Waals surface area (Å²) in [7, 11) is 0. The first-order chi connectivity index (χ1) is 7.09. The largest absolute Gasteiger partial charge is 0.309 e. The van der Waals surface area contributed by atoms with Gasteiger partial charge in [0.2, 0.25) is 0 Å². The lowest BCUT2D eigenvalue weighted by molar-refractivity contribution is 0.410. The molecule has 0 saturated carbocycles. The Kier molecular flexibility index (Phi) is 5.34. The molecule has 0 aliphatic rings. The maximum absolute atomic E-state index is 3.66. The highest BCUT2D eigenvalue weighted by atomic mass is 32.1. The molecule has 0 saturated heterocycles. The van der Waals surface area contributed by atoms with Gasteiger partial charge < -0.3 is 5.32 Å². The van der Waals surface area contributed by atoms with Gasteiger partial charge in [-0.1, -0.05) is 33.8 Å². The summed E-state index contributed by atoms with van der Waals surface area (Å²) in [6.45, 7) is 10.2. The fraction of sp³-hybridized carbons (Fsp3) is 0.692. The number of nitrogens with one attached hydrogen (secondary N) is 1. The number of hydrogen-bond acceptors (Lipinski definition) is 2. The smallest absolute Gasteiger partial charge is 0.0417 e. The van der Waals surface area contributed by atoms with Crippen LogP contribution >= 0.6 is 11.3 Å². The third-order valence-corrected chi connectivity index (χ3v) is 3.35. The van der Waals surface area contributed by atoms with Crippen LogP contribution in [-0.2, 0) is 0 Å². The second-order valence-electron chi connectivity index (χ2n) is 5.00. The Bertz CT molecular complexity index is 252. The van der Waals surface area contributed by atoms with Crippen LogP contribution in [0.2, 0.25) is 0 Å². The van der Waals surface area contributed by atoms with Gasteiger partial charge in [0.25, 0.3) is 0 Å². The Morgan fingerprint density at radius 2 is 1.93 bits per heavy atom. The van der Waals surface area contributed by atoms with Crippen molar-refractivity contribution in [2.75, 3.05) is 6.54 Å². The summed E-state index contributed by atoms with van der Waals surface area (Å²) >= 11 is 1.86. The molecule has 1 unspecified atom stereocenters. The number of thiophene rings is 1. The topological polar surface area (TPSA) is 12.0 Å². The standard InChI is InChI=1S/C13H23NS/c1-10(2)8-12(14-9-11(3)4)13-6-5-7-15-13/h5-7,10-12,14H,8-9H2,1-4H3. The Balaban J connectivity index is 2.54. The van der Waals surface area contributed by atoms with E-state index < -0.39 is 0 Å². The minimum atomic E-state index is 0.549. The van der Waals surface area contributed by atoms with Gasteiger partial charge in [-0.3, -0.25) is 0 Å². The van der Waals surface area contributed by atoms with E-state index in [-0.39, 0.29) is 0 Å². The van der Waals surface area contributed by atoms with Gasteiger partial charge in [0.1, 0.15) is 0 Å². The molecule has 86 valence electrons. The molecule has 0 amide bonds. The highest BCUT2D eigenvalue weighted by Gasteiger charge is 2.13. The zero-order valence-electron chi connectivity index (χ0n) is 10.3. The molecule has 1 rings (SSSR count). The van der Waals surface area contributed by atoms with Crippen molar-refractivity contribution in [2.24, 2.45) is 11.8 Å². The molecular weight excluding hydrogens is 202 g/mol. The van der Waals surface area contributed by atoms with Crippen LogP contribution < -0.4 is 5.32 Å². The van der Waals surface area contributed by atoms with E-state index >= 15 is 0 Å². The summed E-state index contributed by atoms with van der Waals surface area (Å²) in [5, 5.41) is 5.83. The van der Waals surface area contributed by atoms with Crippen molar-refractivity contribution in [3.63, 3.8) is 0 Å². The van der Waals surface area contributed by atoms with Crippen molar-refractivity contribution < 1.29 is 0 Å². The van der Waals surface area contributed by atoms with Gasteiger partial charge in [0.05, 0.1) is 0 Å². The fourth-order valence-electron chi connectivity index (χ4n) is 1.64. The molecule has 1 aromatic rings. The molecule has 2 heteroatoms. The summed E-state index contributed by atoms with van der Waals surface area (Å²) in [6.07, 6.45) is 1.23. The Morgan fingerprint density at radius 3 is 2.40 bits per heavy atom. The van der Waals surface area contributed by atoms with Crippen molar-refractivity contribution in [1.82, 2.24) is 5.32 Å². The fourth-order valence-corrected chi connectivity index (χ4v) is 2.45. The van der Waals surface area contributed by atoms with Crippen LogP contribution in [0.25, 0.3) is 0 Å². The van der Waals surface area contributed by atoms with Gasteiger partial charge in [-0.2, -0.15) is 0 Å². The summed E-state index contributed by atoms with van der Waals surface area (Å²) in [4.78, 5) is 1.48. The molecular formula is C13H23NS. The zero-order valence-corrected chi connectivity index (χ0v) is 11.1. The van der Waals surface area contributed by atoms with Crippen molar-refractivity contribution in [3.05, 3.63) is 22.4 Å². The zero-order chi connectivity index (χ0) is 11.3. The SMILES string of the molecule is CC(C)CNC(CC(C)C)c1cccs1. The average Bonchev–Trinajstić information content (AvgIpc) is 2.63. The summed E-state index contributed by atoms with van der Waals surface area (Å²) in [5.41, 5.74) is 0. The molecule has 0 aliphatic heterocycles. The van der Waals surface area contributed by atoms with Gasteiger partial charge in [-0.25, -0.2) is 0 Å². The molecule has 1 N–H and O–H groups in total. The minimum absolute atomic E-state index is 0.549. The van der Waals surface area contributed by atoms with Gasteiger partial charge in [0.15, 0.2) is 0 Å². The molecule has 1 atom stereocenters. The highest BCUT2D eigenvalue weighted by Crippen LogP contribution is 2.25. The Hall–Kier alpha value is -0.340. The number of rotatable bonds is 6. The molecule has 15 heavy (non-hydrogen) atoms. The second-order valence-corrected chi connectivity index (χ2v) is 5.98. The summed E-state index contributed by atoms with van der Waals surface area (Å²) in [5.74, 6) is 1.47. The molecule has 0 radical (unpaired) electrons. The quantitative estimate of drug-likeness (QED) is 0.769. The molecule has 0 aromatic carbocycles. The normalized spacial score (nSPS) is 13.7. The molecule has 1 aromatic heterocycles. The first-order valence-corrected chi connectivity index (χ1v) is 6.74. The van der Waals surface area contributed by atoms with E-state index in [0.717, 1.165) is 18.4 Å². The van der Waals surface area contributed by atoms with Crippen LogP contribution in [0, 0.1) is 11.8 Å². The first-order valence-electron chi connectivity index (χ1n) is 5.86. The van der Waals surface area contributed by atoms with E-state index in [0.29, 0.717) is 6.04 Å². The van der Waals surface area contributed by atoms with Crippen LogP contribution in [0.15, 0.2) is 17.5 Å². The number of hydrogen-bond donors (Lipinski definition) is 1. The first kappa shape index (κ1) is 12.7. The second kappa shape index (κ2) is 6.29. The van der Waals surface area contributed by atoms with Gasteiger partial charge in [0, 0.05) is 10.9 Å². The van der Waals surface area contributed by atoms with Crippen LogP contribution in [0.4, 0.5) is 0 Å². The third-order valence-electron chi connectivity index (χ3n) is 2.37. The van der Waals surface area contributed by atoms with Gasteiger partial charge >= 0.3 is 0 Å². The highest BCUT2D eigenvalue weighted by molar-refractivity contribution is 7.10. The van der Waals surface area contributed by atoms with Crippen molar-refractivity contribution >= 4 is 11.3 Å². The maximum Gasteiger partial charge on any atom is 0.0417 e. The molecule has 0 spiro atoms. The summed E-state index contributed by atoms with van der Waals surface area (Å²) < 4.78 is 0. The predicted molar refractivity (Wildman–Crippen MR) is 69.4 cm³/mol.